The van der Waals surface area contributed by atoms with Gasteiger partial charge in [-0.2, -0.15) is 0 Å². The predicted molar refractivity (Wildman–Crippen MR) is 102 cm³/mol. The third kappa shape index (κ3) is 4.01. The minimum atomic E-state index is 0.910. The van der Waals surface area contributed by atoms with Crippen LogP contribution in [0.15, 0.2) is 0 Å². The van der Waals surface area contributed by atoms with Crippen LogP contribution in [0.25, 0.3) is 0 Å². The topological polar surface area (TPSA) is 15.3 Å². The smallest absolute Gasteiger partial charge is 0.0484 e. The van der Waals surface area contributed by atoms with Gasteiger partial charge in [-0.3, -0.25) is 4.90 Å². The summed E-state index contributed by atoms with van der Waals surface area (Å²) in [6, 6.07) is 0.910. The molecule has 4 aliphatic rings. The quantitative estimate of drug-likeness (QED) is 0.762. The van der Waals surface area contributed by atoms with Crippen molar-refractivity contribution in [2.24, 2.45) is 23.7 Å². The molecule has 24 heavy (non-hydrogen) atoms. The Kier molecular flexibility index (Phi) is 6.17. The van der Waals surface area contributed by atoms with Crippen molar-refractivity contribution in [3.8, 4) is 0 Å². The van der Waals surface area contributed by atoms with Crippen LogP contribution in [0.1, 0.15) is 89.9 Å². The molecular formula is C22H40N2. The van der Waals surface area contributed by atoms with E-state index in [2.05, 4.69) is 10.2 Å². The van der Waals surface area contributed by atoms with Gasteiger partial charge >= 0.3 is 0 Å². The first-order chi connectivity index (χ1) is 11.9. The summed E-state index contributed by atoms with van der Waals surface area (Å²) >= 11 is 0. The largest absolute Gasteiger partial charge is 0.303 e. The normalized spacial score (nSPS) is 36.0. The highest BCUT2D eigenvalue weighted by molar-refractivity contribution is 4.92. The zero-order valence-corrected chi connectivity index (χ0v) is 15.9. The SMILES string of the molecule is C1CCC(C2CCC([C@@H](C3CCCCC3)N3CCNC3)CC2)CC1. The van der Waals surface area contributed by atoms with Crippen LogP contribution in [0.5, 0.6) is 0 Å². The van der Waals surface area contributed by atoms with E-state index in [0.717, 1.165) is 29.7 Å². The molecule has 1 aliphatic heterocycles. The molecule has 1 saturated heterocycles. The first kappa shape index (κ1) is 17.3. The number of rotatable bonds is 4. The van der Waals surface area contributed by atoms with Crippen molar-refractivity contribution >= 4 is 0 Å². The molecule has 0 amide bonds. The lowest BCUT2D eigenvalue weighted by Crippen LogP contribution is -2.47. The lowest BCUT2D eigenvalue weighted by Gasteiger charge is -2.45. The van der Waals surface area contributed by atoms with Crippen molar-refractivity contribution < 1.29 is 0 Å². The molecule has 0 aromatic heterocycles. The molecule has 1 N–H and O–H groups in total. The lowest BCUT2D eigenvalue weighted by atomic mass is 9.67. The first-order valence-electron chi connectivity index (χ1n) is 11.4. The summed E-state index contributed by atoms with van der Waals surface area (Å²) in [6.45, 7) is 3.70. The second-order valence-corrected chi connectivity index (χ2v) is 9.43. The van der Waals surface area contributed by atoms with E-state index in [1.807, 2.05) is 0 Å². The average molecular weight is 333 g/mol. The highest BCUT2D eigenvalue weighted by Gasteiger charge is 2.38. The standard InChI is InChI=1S/C22H40N2/c1-3-7-18(8-4-1)19-11-13-21(14-12-19)22(24-16-15-23-17-24)20-9-5-2-6-10-20/h18-23H,1-17H2/t19?,21?,22-/m1/s1. The van der Waals surface area contributed by atoms with E-state index in [-0.39, 0.29) is 0 Å². The minimum Gasteiger partial charge on any atom is -0.303 e. The van der Waals surface area contributed by atoms with Gasteiger partial charge in [-0.25, -0.2) is 0 Å². The molecule has 0 unspecified atom stereocenters. The summed E-state index contributed by atoms with van der Waals surface area (Å²) in [4.78, 5) is 2.85. The maximum absolute atomic E-state index is 3.62. The van der Waals surface area contributed by atoms with Gasteiger partial charge in [0.1, 0.15) is 0 Å². The van der Waals surface area contributed by atoms with Crippen LogP contribution >= 0.6 is 0 Å². The van der Waals surface area contributed by atoms with E-state index >= 15 is 0 Å². The van der Waals surface area contributed by atoms with Crippen molar-refractivity contribution in [2.45, 2.75) is 95.9 Å². The Morgan fingerprint density at radius 1 is 0.625 bits per heavy atom. The summed E-state index contributed by atoms with van der Waals surface area (Å²) in [5.41, 5.74) is 0. The van der Waals surface area contributed by atoms with Gasteiger partial charge in [0.15, 0.2) is 0 Å². The molecule has 0 aromatic rings. The van der Waals surface area contributed by atoms with Gasteiger partial charge in [0, 0.05) is 25.8 Å². The van der Waals surface area contributed by atoms with E-state index in [1.165, 1.54) is 71.1 Å². The molecule has 4 rings (SSSR count). The summed E-state index contributed by atoms with van der Waals surface area (Å²) < 4.78 is 0. The van der Waals surface area contributed by atoms with Gasteiger partial charge in [0.25, 0.3) is 0 Å². The third-order valence-corrected chi connectivity index (χ3v) is 8.06. The van der Waals surface area contributed by atoms with Gasteiger partial charge in [-0.1, -0.05) is 51.4 Å². The van der Waals surface area contributed by atoms with Crippen LogP contribution in [0.3, 0.4) is 0 Å². The fourth-order valence-corrected chi connectivity index (χ4v) is 6.80. The number of nitrogens with one attached hydrogen (secondary N) is 1. The Bertz CT molecular complexity index is 356. The Morgan fingerprint density at radius 2 is 1.21 bits per heavy atom. The zero-order valence-electron chi connectivity index (χ0n) is 15.9. The predicted octanol–water partition coefficient (Wildman–Crippen LogP) is 5.18. The van der Waals surface area contributed by atoms with Gasteiger partial charge in [-0.05, 0) is 62.2 Å². The maximum atomic E-state index is 3.62. The van der Waals surface area contributed by atoms with Crippen molar-refractivity contribution in [3.05, 3.63) is 0 Å². The van der Waals surface area contributed by atoms with Crippen LogP contribution in [-0.2, 0) is 0 Å². The Labute approximate surface area is 150 Å². The molecule has 2 nitrogen and oxygen atoms in total. The van der Waals surface area contributed by atoms with Crippen LogP contribution in [0, 0.1) is 23.7 Å². The molecule has 1 heterocycles. The van der Waals surface area contributed by atoms with E-state index in [9.17, 15) is 0 Å². The first-order valence-corrected chi connectivity index (χ1v) is 11.4. The van der Waals surface area contributed by atoms with E-state index in [1.54, 1.807) is 38.5 Å². The molecule has 138 valence electrons. The van der Waals surface area contributed by atoms with Crippen LogP contribution in [-0.4, -0.2) is 30.7 Å². The summed E-state index contributed by atoms with van der Waals surface area (Å²) in [5.74, 6) is 4.20. The minimum absolute atomic E-state index is 0.910. The number of nitrogens with zero attached hydrogens (tertiary/aromatic N) is 1. The van der Waals surface area contributed by atoms with E-state index in [4.69, 9.17) is 0 Å². The number of hydrogen-bond donors (Lipinski definition) is 1. The molecule has 0 aromatic carbocycles. The molecule has 0 spiro atoms. The lowest BCUT2D eigenvalue weighted by molar-refractivity contribution is 0.0512. The number of hydrogen-bond acceptors (Lipinski definition) is 2. The average Bonchev–Trinajstić information content (AvgIpc) is 3.18. The third-order valence-electron chi connectivity index (χ3n) is 8.06. The van der Waals surface area contributed by atoms with Crippen molar-refractivity contribution in [1.29, 1.82) is 0 Å². The fraction of sp³-hybridized carbons (Fsp3) is 1.00. The Balaban J connectivity index is 1.36. The second kappa shape index (κ2) is 8.54. The second-order valence-electron chi connectivity index (χ2n) is 9.43. The van der Waals surface area contributed by atoms with Crippen LogP contribution in [0.2, 0.25) is 0 Å². The van der Waals surface area contributed by atoms with Gasteiger partial charge in [-0.15, -0.1) is 0 Å². The van der Waals surface area contributed by atoms with Gasteiger partial charge < -0.3 is 5.32 Å². The van der Waals surface area contributed by atoms with Gasteiger partial charge in [0.05, 0.1) is 0 Å². The molecule has 1 atom stereocenters. The molecule has 0 radical (unpaired) electrons. The molecule has 0 bridgehead atoms. The molecule has 2 heteroatoms. The molecule has 3 aliphatic carbocycles. The van der Waals surface area contributed by atoms with Crippen LogP contribution in [0.4, 0.5) is 0 Å². The monoisotopic (exact) mass is 332 g/mol. The van der Waals surface area contributed by atoms with Gasteiger partial charge in [0.2, 0.25) is 0 Å². The molecule has 4 fully saturated rings. The van der Waals surface area contributed by atoms with E-state index < -0.39 is 0 Å². The highest BCUT2D eigenvalue weighted by atomic mass is 15.3. The van der Waals surface area contributed by atoms with Crippen molar-refractivity contribution in [3.63, 3.8) is 0 Å². The molecule has 3 saturated carbocycles. The van der Waals surface area contributed by atoms with Crippen molar-refractivity contribution in [1.82, 2.24) is 10.2 Å². The van der Waals surface area contributed by atoms with Crippen molar-refractivity contribution in [2.75, 3.05) is 19.8 Å². The zero-order chi connectivity index (χ0) is 16.2. The van der Waals surface area contributed by atoms with Crippen LogP contribution < -0.4 is 5.32 Å². The summed E-state index contributed by atoms with van der Waals surface area (Å²) in [6.07, 6.45) is 21.4. The fourth-order valence-electron chi connectivity index (χ4n) is 6.80. The Hall–Kier alpha value is -0.0800. The molecular weight excluding hydrogens is 292 g/mol. The maximum Gasteiger partial charge on any atom is 0.0484 e. The summed E-state index contributed by atoms with van der Waals surface area (Å²) in [5, 5.41) is 3.62. The summed E-state index contributed by atoms with van der Waals surface area (Å²) in [7, 11) is 0. The van der Waals surface area contributed by atoms with E-state index in [0.29, 0.717) is 0 Å². The Morgan fingerprint density at radius 3 is 1.83 bits per heavy atom. The highest BCUT2D eigenvalue weighted by Crippen LogP contribution is 2.44.